The molecular formula is C17H14N2O. The molecule has 4 rings (SSSR count). The standard InChI is InChI=1S/C17H14N2O/c1-11-7-8-16-14(9-11)13-5-3-4-6-15(13)19-17(20)10-12(2)18(16)19/h3-10H,1-2H3. The van der Waals surface area contributed by atoms with Crippen molar-refractivity contribution < 1.29 is 0 Å². The van der Waals surface area contributed by atoms with E-state index in [1.807, 2.05) is 29.6 Å². The average molecular weight is 262 g/mol. The molecule has 0 radical (unpaired) electrons. The molecule has 2 aromatic heterocycles. The third-order valence-corrected chi connectivity index (χ3v) is 3.88. The van der Waals surface area contributed by atoms with Crippen molar-refractivity contribution in [2.75, 3.05) is 0 Å². The summed E-state index contributed by atoms with van der Waals surface area (Å²) in [4.78, 5) is 12.3. The van der Waals surface area contributed by atoms with Gasteiger partial charge in [0.05, 0.1) is 11.0 Å². The van der Waals surface area contributed by atoms with Crippen molar-refractivity contribution in [3.05, 3.63) is 70.1 Å². The van der Waals surface area contributed by atoms with Crippen LogP contribution in [-0.2, 0) is 0 Å². The molecule has 3 heteroatoms. The first-order chi connectivity index (χ1) is 9.66. The number of rotatable bonds is 0. The van der Waals surface area contributed by atoms with Crippen LogP contribution in [0.25, 0.3) is 21.8 Å². The molecule has 0 amide bonds. The Bertz CT molecular complexity index is 1040. The Morgan fingerprint density at radius 3 is 2.40 bits per heavy atom. The monoisotopic (exact) mass is 262 g/mol. The maximum absolute atomic E-state index is 12.3. The summed E-state index contributed by atoms with van der Waals surface area (Å²) in [6.07, 6.45) is 0. The molecule has 0 bridgehead atoms. The van der Waals surface area contributed by atoms with Crippen molar-refractivity contribution in [2.24, 2.45) is 0 Å². The number of hydrogen-bond acceptors (Lipinski definition) is 1. The molecule has 0 saturated carbocycles. The highest BCUT2D eigenvalue weighted by atomic mass is 16.1. The molecule has 0 N–H and O–H groups in total. The van der Waals surface area contributed by atoms with E-state index in [9.17, 15) is 4.79 Å². The lowest BCUT2D eigenvalue weighted by molar-refractivity contribution is 0.836. The first-order valence-corrected chi connectivity index (χ1v) is 6.69. The molecule has 0 atom stereocenters. The third-order valence-electron chi connectivity index (χ3n) is 3.88. The Balaban J connectivity index is 2.50. The average Bonchev–Trinajstić information content (AvgIpc) is 2.74. The predicted molar refractivity (Wildman–Crippen MR) is 81.6 cm³/mol. The van der Waals surface area contributed by atoms with Gasteiger partial charge in [-0.2, -0.15) is 0 Å². The summed E-state index contributed by atoms with van der Waals surface area (Å²) in [5.74, 6) is 0. The van der Waals surface area contributed by atoms with Gasteiger partial charge in [0.15, 0.2) is 0 Å². The van der Waals surface area contributed by atoms with Crippen LogP contribution in [0.3, 0.4) is 0 Å². The number of benzene rings is 2. The van der Waals surface area contributed by atoms with E-state index in [1.165, 1.54) is 10.9 Å². The predicted octanol–water partition coefficient (Wildman–Crippen LogP) is 3.32. The number of para-hydroxylation sites is 1. The second kappa shape index (κ2) is 3.73. The van der Waals surface area contributed by atoms with Gasteiger partial charge in [0, 0.05) is 22.5 Å². The fraction of sp³-hybridized carbons (Fsp3) is 0.118. The van der Waals surface area contributed by atoms with Crippen LogP contribution in [0.2, 0.25) is 0 Å². The molecule has 0 spiro atoms. The van der Waals surface area contributed by atoms with Gasteiger partial charge in [-0.1, -0.05) is 29.8 Å². The smallest absolute Gasteiger partial charge is 0.267 e. The fourth-order valence-electron chi connectivity index (χ4n) is 3.02. The van der Waals surface area contributed by atoms with Gasteiger partial charge in [0.1, 0.15) is 0 Å². The second-order valence-electron chi connectivity index (χ2n) is 5.29. The van der Waals surface area contributed by atoms with Crippen LogP contribution in [0.4, 0.5) is 0 Å². The first kappa shape index (κ1) is 11.3. The van der Waals surface area contributed by atoms with Crippen molar-refractivity contribution in [3.8, 4) is 0 Å². The normalized spacial score (nSPS) is 11.7. The van der Waals surface area contributed by atoms with E-state index in [2.05, 4.69) is 31.2 Å². The molecule has 2 heterocycles. The van der Waals surface area contributed by atoms with E-state index < -0.39 is 0 Å². The molecule has 0 aliphatic heterocycles. The highest BCUT2D eigenvalue weighted by Gasteiger charge is 2.11. The topological polar surface area (TPSA) is 25.9 Å². The number of aromatic nitrogens is 2. The summed E-state index contributed by atoms with van der Waals surface area (Å²) < 4.78 is 3.75. The van der Waals surface area contributed by atoms with Crippen LogP contribution in [0.1, 0.15) is 11.3 Å². The summed E-state index contributed by atoms with van der Waals surface area (Å²) in [6.45, 7) is 4.06. The Labute approximate surface area is 115 Å². The van der Waals surface area contributed by atoms with Crippen LogP contribution >= 0.6 is 0 Å². The van der Waals surface area contributed by atoms with Gasteiger partial charge in [0.2, 0.25) is 0 Å². The van der Waals surface area contributed by atoms with E-state index >= 15 is 0 Å². The van der Waals surface area contributed by atoms with Gasteiger partial charge in [-0.3, -0.25) is 4.79 Å². The van der Waals surface area contributed by atoms with E-state index in [0.29, 0.717) is 0 Å². The molecular weight excluding hydrogens is 248 g/mol. The second-order valence-corrected chi connectivity index (χ2v) is 5.29. The van der Waals surface area contributed by atoms with Crippen molar-refractivity contribution in [2.45, 2.75) is 13.8 Å². The van der Waals surface area contributed by atoms with E-state index in [-0.39, 0.29) is 5.56 Å². The molecule has 20 heavy (non-hydrogen) atoms. The molecule has 0 aliphatic rings. The van der Waals surface area contributed by atoms with Crippen LogP contribution in [0.15, 0.2) is 53.3 Å². The number of hydrogen-bond donors (Lipinski definition) is 0. The Kier molecular flexibility index (Phi) is 2.11. The minimum Gasteiger partial charge on any atom is -0.267 e. The SMILES string of the molecule is Cc1ccc2c(c1)c1ccccc1n1c(=O)cc(C)n21. The zero-order valence-electron chi connectivity index (χ0n) is 11.4. The first-order valence-electron chi connectivity index (χ1n) is 6.69. The number of nitrogens with zero attached hydrogens (tertiary/aromatic N) is 2. The maximum Gasteiger partial charge on any atom is 0.271 e. The highest BCUT2D eigenvalue weighted by Crippen LogP contribution is 2.25. The zero-order chi connectivity index (χ0) is 13.9. The fourth-order valence-corrected chi connectivity index (χ4v) is 3.02. The van der Waals surface area contributed by atoms with Crippen LogP contribution < -0.4 is 5.56 Å². The number of aryl methyl sites for hydroxylation is 2. The number of fused-ring (bicyclic) bond motifs is 6. The van der Waals surface area contributed by atoms with Crippen LogP contribution in [0.5, 0.6) is 0 Å². The Morgan fingerprint density at radius 1 is 0.800 bits per heavy atom. The van der Waals surface area contributed by atoms with Gasteiger partial charge in [-0.05, 0) is 32.0 Å². The third kappa shape index (κ3) is 1.32. The van der Waals surface area contributed by atoms with Gasteiger partial charge >= 0.3 is 0 Å². The van der Waals surface area contributed by atoms with Gasteiger partial charge in [0.25, 0.3) is 5.56 Å². The van der Waals surface area contributed by atoms with Gasteiger partial charge in [-0.15, -0.1) is 0 Å². The summed E-state index contributed by atoms with van der Waals surface area (Å²) >= 11 is 0. The molecule has 0 aliphatic carbocycles. The summed E-state index contributed by atoms with van der Waals surface area (Å²) in [7, 11) is 0. The minimum atomic E-state index is 0.0150. The lowest BCUT2D eigenvalue weighted by Gasteiger charge is -2.11. The largest absolute Gasteiger partial charge is 0.271 e. The minimum absolute atomic E-state index is 0.0150. The maximum atomic E-state index is 12.3. The molecule has 3 nitrogen and oxygen atoms in total. The summed E-state index contributed by atoms with van der Waals surface area (Å²) in [5, 5.41) is 2.29. The van der Waals surface area contributed by atoms with E-state index in [1.54, 1.807) is 10.6 Å². The van der Waals surface area contributed by atoms with Crippen LogP contribution in [0, 0.1) is 13.8 Å². The molecule has 0 unspecified atom stereocenters. The molecule has 4 aromatic rings. The van der Waals surface area contributed by atoms with Gasteiger partial charge in [-0.25, -0.2) is 9.03 Å². The van der Waals surface area contributed by atoms with Crippen molar-refractivity contribution >= 4 is 21.8 Å². The summed E-state index contributed by atoms with van der Waals surface area (Å²) in [6, 6.07) is 16.1. The van der Waals surface area contributed by atoms with Crippen molar-refractivity contribution in [1.82, 2.24) is 9.03 Å². The lowest BCUT2D eigenvalue weighted by Crippen LogP contribution is -2.12. The molecule has 2 aromatic carbocycles. The summed E-state index contributed by atoms with van der Waals surface area (Å²) in [5.41, 5.74) is 4.20. The highest BCUT2D eigenvalue weighted by molar-refractivity contribution is 6.04. The Morgan fingerprint density at radius 2 is 1.55 bits per heavy atom. The van der Waals surface area contributed by atoms with E-state index in [4.69, 9.17) is 0 Å². The van der Waals surface area contributed by atoms with Crippen molar-refractivity contribution in [3.63, 3.8) is 0 Å². The molecule has 0 saturated heterocycles. The molecule has 0 fully saturated rings. The lowest BCUT2D eigenvalue weighted by atomic mass is 10.1. The van der Waals surface area contributed by atoms with Crippen LogP contribution in [-0.4, -0.2) is 9.03 Å². The van der Waals surface area contributed by atoms with Crippen molar-refractivity contribution in [1.29, 1.82) is 0 Å². The molecule has 98 valence electrons. The quantitative estimate of drug-likeness (QED) is 0.446. The van der Waals surface area contributed by atoms with E-state index in [0.717, 1.165) is 22.1 Å². The zero-order valence-corrected chi connectivity index (χ0v) is 11.4. The van der Waals surface area contributed by atoms with Gasteiger partial charge < -0.3 is 0 Å². The Hall–Kier alpha value is -2.55.